The first-order valence-corrected chi connectivity index (χ1v) is 10.5. The third-order valence-corrected chi connectivity index (χ3v) is 5.02. The molecule has 0 spiro atoms. The number of carbonyl (C=O) groups excluding carboxylic acids is 2. The lowest BCUT2D eigenvalue weighted by Gasteiger charge is -2.40. The molecule has 0 aromatic heterocycles. The molecule has 1 aliphatic rings. The number of hydrogen-bond acceptors (Lipinski definition) is 4. The van der Waals surface area contributed by atoms with Gasteiger partial charge in [-0.3, -0.25) is 9.59 Å². The number of benzene rings is 2. The van der Waals surface area contributed by atoms with Crippen molar-refractivity contribution >= 4 is 35.1 Å². The fourth-order valence-electron chi connectivity index (χ4n) is 3.07. The Balaban J connectivity index is 0.000000386. The van der Waals surface area contributed by atoms with Crippen LogP contribution in [0, 0.1) is 5.92 Å². The Bertz CT molecular complexity index is 812. The van der Waals surface area contributed by atoms with E-state index < -0.39 is 12.1 Å². The molecule has 0 N–H and O–H groups in total. The molecule has 1 heterocycles. The quantitative estimate of drug-likeness (QED) is 0.588. The number of hydrogen-bond donors (Lipinski definition) is 0. The van der Waals surface area contributed by atoms with Crippen molar-refractivity contribution in [3.8, 4) is 0 Å². The van der Waals surface area contributed by atoms with E-state index in [1.165, 1.54) is 7.11 Å². The summed E-state index contributed by atoms with van der Waals surface area (Å²) in [5.41, 5.74) is 0.972. The average Bonchev–Trinajstić information content (AvgIpc) is 2.72. The summed E-state index contributed by atoms with van der Waals surface area (Å²) < 4.78 is 10.3. The van der Waals surface area contributed by atoms with E-state index in [0.717, 1.165) is 10.6 Å². The van der Waals surface area contributed by atoms with E-state index in [2.05, 4.69) is 18.6 Å². The minimum absolute atomic E-state index is 0.0583. The number of carbonyl (C=O) groups is 2. The van der Waals surface area contributed by atoms with Gasteiger partial charge in [0.2, 0.25) is 0 Å². The van der Waals surface area contributed by atoms with Crippen molar-refractivity contribution in [3.05, 3.63) is 70.2 Å². The molecular formula is C23H27Cl2NO4. The first kappa shape index (κ1) is 24.2. The van der Waals surface area contributed by atoms with Gasteiger partial charge in [-0.2, -0.15) is 0 Å². The number of morpholine rings is 1. The largest absolute Gasteiger partial charge is 0.469 e. The van der Waals surface area contributed by atoms with Gasteiger partial charge in [-0.15, -0.1) is 0 Å². The molecule has 2 aromatic carbocycles. The lowest BCUT2D eigenvalue weighted by atomic mass is 10.0. The third kappa shape index (κ3) is 7.31. The maximum atomic E-state index is 12.7. The van der Waals surface area contributed by atoms with E-state index in [-0.39, 0.29) is 18.4 Å². The fourth-order valence-corrected chi connectivity index (χ4v) is 3.35. The van der Waals surface area contributed by atoms with Crippen LogP contribution in [-0.4, -0.2) is 43.1 Å². The van der Waals surface area contributed by atoms with Crippen molar-refractivity contribution in [1.82, 2.24) is 4.90 Å². The first-order valence-electron chi connectivity index (χ1n) is 9.76. The normalized spacial score (nSPS) is 18.6. The predicted octanol–water partition coefficient (Wildman–Crippen LogP) is 5.17. The van der Waals surface area contributed by atoms with E-state index in [0.29, 0.717) is 24.1 Å². The van der Waals surface area contributed by atoms with Crippen molar-refractivity contribution in [2.75, 3.05) is 20.3 Å². The van der Waals surface area contributed by atoms with Gasteiger partial charge in [-0.05, 0) is 35.7 Å². The van der Waals surface area contributed by atoms with Crippen LogP contribution in [0.1, 0.15) is 31.9 Å². The lowest BCUT2D eigenvalue weighted by Crippen LogP contribution is -2.51. The summed E-state index contributed by atoms with van der Waals surface area (Å²) in [5.74, 6) is -0.307. The molecule has 5 nitrogen and oxygen atoms in total. The lowest BCUT2D eigenvalue weighted by molar-refractivity contribution is -0.167. The van der Waals surface area contributed by atoms with Gasteiger partial charge in [0.25, 0.3) is 5.91 Å². The Kier molecular flexibility index (Phi) is 9.63. The number of halogens is 2. The monoisotopic (exact) mass is 451 g/mol. The van der Waals surface area contributed by atoms with Gasteiger partial charge < -0.3 is 14.4 Å². The zero-order valence-corrected chi connectivity index (χ0v) is 18.9. The van der Waals surface area contributed by atoms with E-state index in [1.54, 1.807) is 17.0 Å². The molecule has 2 aromatic rings. The molecule has 0 bridgehead atoms. The Morgan fingerprint density at radius 2 is 1.70 bits per heavy atom. The number of methoxy groups -OCH3 is 1. The summed E-state index contributed by atoms with van der Waals surface area (Å²) in [5, 5.41) is 1.44. The molecular weight excluding hydrogens is 425 g/mol. The Labute approximate surface area is 187 Å². The molecule has 0 saturated carbocycles. The van der Waals surface area contributed by atoms with Crippen LogP contribution in [0.25, 0.3) is 0 Å². The molecule has 2 unspecified atom stereocenters. The Morgan fingerprint density at radius 3 is 2.20 bits per heavy atom. The van der Waals surface area contributed by atoms with Crippen LogP contribution in [0.15, 0.2) is 54.6 Å². The third-order valence-electron chi connectivity index (χ3n) is 4.52. The fraction of sp³-hybridized carbons (Fsp3) is 0.391. The number of rotatable bonds is 5. The zero-order valence-electron chi connectivity index (χ0n) is 17.4. The van der Waals surface area contributed by atoms with Gasteiger partial charge in [0, 0.05) is 16.6 Å². The maximum Gasteiger partial charge on any atom is 0.308 e. The van der Waals surface area contributed by atoms with Gasteiger partial charge in [0.15, 0.2) is 0 Å². The molecule has 7 heteroatoms. The number of ether oxygens (including phenoxy) is 2. The topological polar surface area (TPSA) is 55.8 Å². The van der Waals surface area contributed by atoms with Gasteiger partial charge in [-0.25, -0.2) is 0 Å². The molecule has 3 rings (SSSR count). The first-order chi connectivity index (χ1) is 14.3. The van der Waals surface area contributed by atoms with Crippen molar-refractivity contribution < 1.29 is 19.1 Å². The second-order valence-electron chi connectivity index (χ2n) is 7.35. The number of nitrogens with zero attached hydrogens (tertiary/aromatic N) is 1. The molecule has 1 amide bonds. The van der Waals surface area contributed by atoms with E-state index in [4.69, 9.17) is 27.9 Å². The maximum absolute atomic E-state index is 12.7. The van der Waals surface area contributed by atoms with E-state index >= 15 is 0 Å². The summed E-state index contributed by atoms with van der Waals surface area (Å²) in [7, 11) is 1.30. The van der Waals surface area contributed by atoms with Gasteiger partial charge in [0.05, 0.1) is 26.2 Å². The standard InChI is InChI=1S/C17H22ClNO4.C6H5Cl/c1-11(2)9-19-14(12-4-6-13(18)7-5-12)10-23-15(17(19)21)8-16(20)22-3;7-6-4-2-1-3-5-6/h4-7,11,14-15H,8-10H2,1-3H3;1-5H. The SMILES string of the molecule is COC(=O)CC1OCC(c2ccc(Cl)cc2)N(CC(C)C)C1=O.Clc1ccccc1. The van der Waals surface area contributed by atoms with Crippen LogP contribution in [0.2, 0.25) is 10.0 Å². The molecule has 1 saturated heterocycles. The van der Waals surface area contributed by atoms with Crippen LogP contribution in [0.5, 0.6) is 0 Å². The molecule has 0 radical (unpaired) electrons. The van der Waals surface area contributed by atoms with Crippen LogP contribution < -0.4 is 0 Å². The van der Waals surface area contributed by atoms with E-state index in [9.17, 15) is 9.59 Å². The molecule has 1 fully saturated rings. The molecule has 2 atom stereocenters. The highest BCUT2D eigenvalue weighted by molar-refractivity contribution is 6.30. The minimum Gasteiger partial charge on any atom is -0.469 e. The second-order valence-corrected chi connectivity index (χ2v) is 8.22. The Hall–Kier alpha value is -2.08. The summed E-state index contributed by atoms with van der Waals surface area (Å²) in [4.78, 5) is 26.0. The summed E-state index contributed by atoms with van der Waals surface area (Å²) in [6.07, 6.45) is -0.832. The van der Waals surface area contributed by atoms with Gasteiger partial charge in [-0.1, -0.05) is 67.4 Å². The van der Waals surface area contributed by atoms with E-state index in [1.807, 2.05) is 42.5 Å². The highest BCUT2D eigenvalue weighted by Gasteiger charge is 2.38. The van der Waals surface area contributed by atoms with Crippen molar-refractivity contribution in [2.45, 2.75) is 32.4 Å². The highest BCUT2D eigenvalue weighted by Crippen LogP contribution is 2.29. The molecule has 1 aliphatic heterocycles. The molecule has 0 aliphatic carbocycles. The van der Waals surface area contributed by atoms with Crippen LogP contribution >= 0.6 is 23.2 Å². The highest BCUT2D eigenvalue weighted by atomic mass is 35.5. The van der Waals surface area contributed by atoms with Crippen LogP contribution in [-0.2, 0) is 19.1 Å². The van der Waals surface area contributed by atoms with Crippen molar-refractivity contribution in [2.24, 2.45) is 5.92 Å². The average molecular weight is 452 g/mol. The molecule has 162 valence electrons. The van der Waals surface area contributed by atoms with Crippen molar-refractivity contribution in [1.29, 1.82) is 0 Å². The predicted molar refractivity (Wildman–Crippen MR) is 119 cm³/mol. The smallest absolute Gasteiger partial charge is 0.308 e. The summed E-state index contributed by atoms with van der Waals surface area (Å²) in [6, 6.07) is 16.7. The van der Waals surface area contributed by atoms with Crippen LogP contribution in [0.3, 0.4) is 0 Å². The summed E-state index contributed by atoms with van der Waals surface area (Å²) in [6.45, 7) is 5.06. The molecule has 30 heavy (non-hydrogen) atoms. The zero-order chi connectivity index (χ0) is 22.1. The van der Waals surface area contributed by atoms with Gasteiger partial charge in [0.1, 0.15) is 6.10 Å². The van der Waals surface area contributed by atoms with Crippen LogP contribution in [0.4, 0.5) is 0 Å². The minimum atomic E-state index is -0.773. The van der Waals surface area contributed by atoms with Crippen molar-refractivity contribution in [3.63, 3.8) is 0 Å². The van der Waals surface area contributed by atoms with Gasteiger partial charge >= 0.3 is 5.97 Å². The number of amides is 1. The summed E-state index contributed by atoms with van der Waals surface area (Å²) >= 11 is 11.5. The second kappa shape index (κ2) is 11.9. The Morgan fingerprint density at radius 1 is 1.10 bits per heavy atom. The number of esters is 1.